The Balaban J connectivity index is 1.44. The molecule has 3 unspecified atom stereocenters. The third-order valence-electron chi connectivity index (χ3n) is 5.85. The first-order valence-corrected chi connectivity index (χ1v) is 10.4. The monoisotopic (exact) mass is 378 g/mol. The molecule has 2 aromatic carbocycles. The fourth-order valence-corrected chi connectivity index (χ4v) is 4.70. The van der Waals surface area contributed by atoms with Crippen molar-refractivity contribution in [1.29, 1.82) is 0 Å². The Bertz CT molecular complexity index is 847. The fraction of sp³-hybridized carbons (Fsp3) is 0.458. The normalized spacial score (nSPS) is 26.4. The van der Waals surface area contributed by atoms with Crippen molar-refractivity contribution in [3.8, 4) is 0 Å². The van der Waals surface area contributed by atoms with Crippen LogP contribution in [0.4, 0.5) is 0 Å². The third-order valence-corrected chi connectivity index (χ3v) is 5.85. The van der Waals surface area contributed by atoms with Gasteiger partial charge in [-0.25, -0.2) is 0 Å². The van der Waals surface area contributed by atoms with E-state index in [0.717, 1.165) is 44.6 Å². The van der Waals surface area contributed by atoms with Crippen LogP contribution in [0.25, 0.3) is 16.8 Å². The summed E-state index contributed by atoms with van der Waals surface area (Å²) in [6.07, 6.45) is 6.44. The van der Waals surface area contributed by atoms with Gasteiger partial charge in [0.05, 0.1) is 12.2 Å². The predicted octanol–water partition coefficient (Wildman–Crippen LogP) is 3.95. The van der Waals surface area contributed by atoms with Gasteiger partial charge in [0.25, 0.3) is 0 Å². The number of hydrogen-bond acceptors (Lipinski definition) is 3. The van der Waals surface area contributed by atoms with Gasteiger partial charge in [0.15, 0.2) is 0 Å². The summed E-state index contributed by atoms with van der Waals surface area (Å²) in [5.41, 5.74) is 1.10. The largest absolute Gasteiger partial charge is 0.373 e. The molecule has 4 nitrogen and oxygen atoms in total. The van der Waals surface area contributed by atoms with Crippen molar-refractivity contribution in [2.45, 2.75) is 44.9 Å². The number of nitrogens with zero attached hydrogens (tertiary/aromatic N) is 2. The van der Waals surface area contributed by atoms with Gasteiger partial charge >= 0.3 is 0 Å². The van der Waals surface area contributed by atoms with Crippen molar-refractivity contribution in [2.75, 3.05) is 26.2 Å². The molecule has 0 saturated carbocycles. The summed E-state index contributed by atoms with van der Waals surface area (Å²) < 4.78 is 5.84. The van der Waals surface area contributed by atoms with Gasteiger partial charge in [-0.05, 0) is 49.1 Å². The Kier molecular flexibility index (Phi) is 5.79. The molecule has 0 spiro atoms. The van der Waals surface area contributed by atoms with E-state index in [9.17, 15) is 4.79 Å². The second kappa shape index (κ2) is 8.46. The number of carbonyl (C=O) groups excluding carboxylic acids is 1. The molecule has 2 saturated heterocycles. The average molecular weight is 379 g/mol. The number of rotatable bonds is 4. The summed E-state index contributed by atoms with van der Waals surface area (Å²) in [5, 5.41) is 2.38. The van der Waals surface area contributed by atoms with Crippen LogP contribution in [-0.4, -0.2) is 60.1 Å². The molecule has 2 heterocycles. The number of fused-ring (bicyclic) bond motifs is 1. The van der Waals surface area contributed by atoms with Gasteiger partial charge in [0.2, 0.25) is 5.91 Å². The Labute approximate surface area is 167 Å². The number of amides is 1. The molecule has 148 valence electrons. The molecule has 2 fully saturated rings. The lowest BCUT2D eigenvalue weighted by atomic mass is 10.0. The highest BCUT2D eigenvalue weighted by Crippen LogP contribution is 2.23. The predicted molar refractivity (Wildman–Crippen MR) is 114 cm³/mol. The van der Waals surface area contributed by atoms with Crippen LogP contribution in [0, 0.1) is 0 Å². The highest BCUT2D eigenvalue weighted by Gasteiger charge is 2.31. The van der Waals surface area contributed by atoms with Crippen LogP contribution >= 0.6 is 0 Å². The Hall–Kier alpha value is -2.17. The highest BCUT2D eigenvalue weighted by atomic mass is 16.5. The minimum Gasteiger partial charge on any atom is -0.373 e. The molecule has 28 heavy (non-hydrogen) atoms. The van der Waals surface area contributed by atoms with Gasteiger partial charge in [-0.3, -0.25) is 9.69 Å². The van der Waals surface area contributed by atoms with Crippen molar-refractivity contribution in [1.82, 2.24) is 9.80 Å². The van der Waals surface area contributed by atoms with Crippen molar-refractivity contribution in [3.63, 3.8) is 0 Å². The zero-order chi connectivity index (χ0) is 19.5. The molecule has 0 N–H and O–H groups in total. The maximum absolute atomic E-state index is 12.9. The lowest BCUT2D eigenvalue weighted by Gasteiger charge is -2.38. The molecule has 2 aliphatic rings. The highest BCUT2D eigenvalue weighted by molar-refractivity contribution is 5.96. The molecule has 0 aliphatic carbocycles. The van der Waals surface area contributed by atoms with Crippen molar-refractivity contribution in [3.05, 3.63) is 54.1 Å². The van der Waals surface area contributed by atoms with Crippen LogP contribution in [-0.2, 0) is 9.53 Å². The molecule has 2 aliphatic heterocycles. The first-order chi connectivity index (χ1) is 13.6. The van der Waals surface area contributed by atoms with Gasteiger partial charge < -0.3 is 9.64 Å². The van der Waals surface area contributed by atoms with Crippen molar-refractivity contribution in [2.24, 2.45) is 0 Å². The van der Waals surface area contributed by atoms with E-state index in [1.54, 1.807) is 6.08 Å². The molecule has 0 bridgehead atoms. The Morgan fingerprint density at radius 1 is 1.11 bits per heavy atom. The topological polar surface area (TPSA) is 32.8 Å². The van der Waals surface area contributed by atoms with Gasteiger partial charge in [0, 0.05) is 38.3 Å². The standard InChI is InChI=1S/C24H30N2O2/c1-18-15-25(16-19(2)28-18)17-22-10-6-14-26(22)24(27)13-12-21-9-5-8-20-7-3-4-11-23(20)21/h3-5,7-9,11-13,18-19,22H,6,10,14-17H2,1-2H3/b13-12+. The second-order valence-electron chi connectivity index (χ2n) is 8.21. The first kappa shape index (κ1) is 19.2. The van der Waals surface area contributed by atoms with E-state index in [-0.39, 0.29) is 18.1 Å². The van der Waals surface area contributed by atoms with Gasteiger partial charge in [-0.1, -0.05) is 42.5 Å². The van der Waals surface area contributed by atoms with E-state index >= 15 is 0 Å². The van der Waals surface area contributed by atoms with Crippen LogP contribution in [0.2, 0.25) is 0 Å². The number of likely N-dealkylation sites (tertiary alicyclic amines) is 1. The molecular weight excluding hydrogens is 348 g/mol. The van der Waals surface area contributed by atoms with Gasteiger partial charge in [-0.2, -0.15) is 0 Å². The maximum Gasteiger partial charge on any atom is 0.246 e. The summed E-state index contributed by atoms with van der Waals surface area (Å²) in [7, 11) is 0. The van der Waals surface area contributed by atoms with E-state index < -0.39 is 0 Å². The lowest BCUT2D eigenvalue weighted by molar-refractivity contribution is -0.127. The number of carbonyl (C=O) groups is 1. The molecule has 0 radical (unpaired) electrons. The molecule has 0 aromatic heterocycles. The molecule has 2 aromatic rings. The first-order valence-electron chi connectivity index (χ1n) is 10.4. The number of ether oxygens (including phenoxy) is 1. The quantitative estimate of drug-likeness (QED) is 0.755. The molecule has 1 amide bonds. The van der Waals surface area contributed by atoms with Crippen LogP contribution in [0.15, 0.2) is 48.5 Å². The zero-order valence-corrected chi connectivity index (χ0v) is 16.9. The molecular formula is C24H30N2O2. The van der Waals surface area contributed by atoms with Crippen LogP contribution < -0.4 is 0 Å². The maximum atomic E-state index is 12.9. The number of morpholine rings is 1. The second-order valence-corrected chi connectivity index (χ2v) is 8.21. The third kappa shape index (κ3) is 4.29. The minimum absolute atomic E-state index is 0.129. The molecule has 4 heteroatoms. The van der Waals surface area contributed by atoms with Gasteiger partial charge in [-0.15, -0.1) is 0 Å². The van der Waals surface area contributed by atoms with Crippen molar-refractivity contribution >= 4 is 22.8 Å². The van der Waals surface area contributed by atoms with E-state index in [2.05, 4.69) is 47.9 Å². The minimum atomic E-state index is 0.129. The lowest BCUT2D eigenvalue weighted by Crippen LogP contribution is -2.50. The summed E-state index contributed by atoms with van der Waals surface area (Å²) in [6.45, 7) is 7.98. The summed E-state index contributed by atoms with van der Waals surface area (Å²) >= 11 is 0. The molecule has 3 atom stereocenters. The average Bonchev–Trinajstić information content (AvgIpc) is 3.13. The number of benzene rings is 2. The zero-order valence-electron chi connectivity index (χ0n) is 16.9. The van der Waals surface area contributed by atoms with E-state index in [1.165, 1.54) is 10.8 Å². The van der Waals surface area contributed by atoms with E-state index in [1.807, 2.05) is 24.3 Å². The smallest absolute Gasteiger partial charge is 0.246 e. The summed E-state index contributed by atoms with van der Waals surface area (Å²) in [4.78, 5) is 17.5. The van der Waals surface area contributed by atoms with Crippen LogP contribution in [0.5, 0.6) is 0 Å². The molecule has 4 rings (SSSR count). The summed E-state index contributed by atoms with van der Waals surface area (Å²) in [5.74, 6) is 0.129. The van der Waals surface area contributed by atoms with E-state index in [0.29, 0.717) is 6.04 Å². The van der Waals surface area contributed by atoms with Crippen LogP contribution in [0.3, 0.4) is 0 Å². The number of hydrogen-bond donors (Lipinski definition) is 0. The fourth-order valence-electron chi connectivity index (χ4n) is 4.70. The van der Waals surface area contributed by atoms with E-state index in [4.69, 9.17) is 4.74 Å². The van der Waals surface area contributed by atoms with Gasteiger partial charge in [0.1, 0.15) is 0 Å². The Morgan fingerprint density at radius 3 is 2.68 bits per heavy atom. The Morgan fingerprint density at radius 2 is 1.86 bits per heavy atom. The summed E-state index contributed by atoms with van der Waals surface area (Å²) in [6, 6.07) is 14.8. The SMILES string of the molecule is CC1CN(CC2CCCN2C(=O)/C=C/c2cccc3ccccc23)CC(C)O1. The van der Waals surface area contributed by atoms with Crippen molar-refractivity contribution < 1.29 is 9.53 Å². The van der Waals surface area contributed by atoms with Crippen LogP contribution in [0.1, 0.15) is 32.3 Å².